The molecule has 3 aromatic rings. The van der Waals surface area contributed by atoms with Crippen LogP contribution in [-0.2, 0) is 11.2 Å². The number of nitrogens with one attached hydrogen (secondary N) is 2. The molecular formula is C24H28N4O3. The minimum absolute atomic E-state index is 0.0628. The zero-order valence-corrected chi connectivity index (χ0v) is 17.9. The van der Waals surface area contributed by atoms with E-state index in [2.05, 4.69) is 33.1 Å². The van der Waals surface area contributed by atoms with Crippen molar-refractivity contribution in [3.05, 3.63) is 59.7 Å². The Morgan fingerprint density at radius 3 is 2.97 bits per heavy atom. The van der Waals surface area contributed by atoms with E-state index in [9.17, 15) is 9.90 Å². The number of amides is 1. The number of phenolic OH excluding ortho intramolecular Hbond substituents is 1. The van der Waals surface area contributed by atoms with Crippen LogP contribution in [0.5, 0.6) is 5.75 Å². The highest BCUT2D eigenvalue weighted by Gasteiger charge is 2.30. The normalized spacial score (nSPS) is 18.4. The Kier molecular flexibility index (Phi) is 5.93. The summed E-state index contributed by atoms with van der Waals surface area (Å²) in [6.45, 7) is 7.63. The molecule has 2 heterocycles. The van der Waals surface area contributed by atoms with E-state index in [0.717, 1.165) is 47.1 Å². The molecule has 2 aromatic heterocycles. The zero-order chi connectivity index (χ0) is 22.0. The second kappa shape index (κ2) is 8.79. The lowest BCUT2D eigenvalue weighted by molar-refractivity contribution is 0.0981. The zero-order valence-electron chi connectivity index (χ0n) is 17.9. The Balaban J connectivity index is 1.46. The molecule has 0 bridgehead atoms. The smallest absolute Gasteiger partial charge is 0.407 e. The summed E-state index contributed by atoms with van der Waals surface area (Å²) in [6, 6.07) is 7.60. The van der Waals surface area contributed by atoms with Gasteiger partial charge in [-0.3, -0.25) is 10.1 Å². The van der Waals surface area contributed by atoms with Crippen LogP contribution in [0.25, 0.3) is 16.8 Å². The van der Waals surface area contributed by atoms with Gasteiger partial charge in [0.05, 0.1) is 11.4 Å². The Morgan fingerprint density at radius 2 is 2.19 bits per heavy atom. The maximum atomic E-state index is 11.8. The van der Waals surface area contributed by atoms with Crippen molar-refractivity contribution in [2.45, 2.75) is 57.6 Å². The number of alkyl carbamates (subject to hydrolysis) is 1. The number of hydrogen-bond donors (Lipinski definition) is 3. The van der Waals surface area contributed by atoms with Gasteiger partial charge in [-0.15, -0.1) is 0 Å². The third kappa shape index (κ3) is 4.55. The van der Waals surface area contributed by atoms with Gasteiger partial charge in [-0.1, -0.05) is 12.7 Å². The first kappa shape index (κ1) is 20.9. The monoisotopic (exact) mass is 420 g/mol. The van der Waals surface area contributed by atoms with Crippen molar-refractivity contribution >= 4 is 22.9 Å². The fourth-order valence-electron chi connectivity index (χ4n) is 4.28. The standard InChI is InChI=1S/C24H28N4O3/c1-4-18-19-9-10-25-22(20(19)7-8-23(18)29)13-16-12-21(28-27-16)15-5-6-17(11-15)31-24(30)26-14(2)3/h4,7-10,12,14-15,17,29H,1,5-6,11,13H2,2-3H3,(H,26,30)(H,27,28)/t15-,17+/m0/s1. The predicted molar refractivity (Wildman–Crippen MR) is 120 cm³/mol. The summed E-state index contributed by atoms with van der Waals surface area (Å²) in [6.07, 6.45) is 6.16. The molecule has 7 heteroatoms. The Bertz CT molecular complexity index is 1110. The van der Waals surface area contributed by atoms with Crippen LogP contribution in [-0.4, -0.2) is 38.5 Å². The van der Waals surface area contributed by atoms with E-state index < -0.39 is 0 Å². The van der Waals surface area contributed by atoms with Crippen molar-refractivity contribution in [1.29, 1.82) is 0 Å². The number of fused-ring (bicyclic) bond motifs is 1. The molecule has 0 spiro atoms. The molecule has 1 aliphatic rings. The number of aromatic amines is 1. The summed E-state index contributed by atoms with van der Waals surface area (Å²) in [5, 5.41) is 22.4. The lowest BCUT2D eigenvalue weighted by Gasteiger charge is -2.14. The minimum Gasteiger partial charge on any atom is -0.507 e. The molecule has 31 heavy (non-hydrogen) atoms. The summed E-state index contributed by atoms with van der Waals surface area (Å²) in [4.78, 5) is 16.4. The van der Waals surface area contributed by atoms with Gasteiger partial charge in [-0.25, -0.2) is 4.79 Å². The lowest BCUT2D eigenvalue weighted by Crippen LogP contribution is -2.33. The molecule has 162 valence electrons. The molecule has 2 atom stereocenters. The van der Waals surface area contributed by atoms with Crippen molar-refractivity contribution in [3.63, 3.8) is 0 Å². The van der Waals surface area contributed by atoms with Crippen LogP contribution in [0.4, 0.5) is 4.79 Å². The fraction of sp³-hybridized carbons (Fsp3) is 0.375. The van der Waals surface area contributed by atoms with Gasteiger partial charge >= 0.3 is 6.09 Å². The molecule has 1 saturated carbocycles. The summed E-state index contributed by atoms with van der Waals surface area (Å²) < 4.78 is 5.53. The van der Waals surface area contributed by atoms with Crippen LogP contribution in [0, 0.1) is 0 Å². The first-order chi connectivity index (χ1) is 14.9. The van der Waals surface area contributed by atoms with E-state index in [-0.39, 0.29) is 29.9 Å². The van der Waals surface area contributed by atoms with E-state index in [1.807, 2.05) is 26.0 Å². The van der Waals surface area contributed by atoms with E-state index in [1.165, 1.54) is 0 Å². The minimum atomic E-state index is -0.352. The highest BCUT2D eigenvalue weighted by Crippen LogP contribution is 2.36. The fourth-order valence-corrected chi connectivity index (χ4v) is 4.28. The van der Waals surface area contributed by atoms with E-state index in [1.54, 1.807) is 18.3 Å². The highest BCUT2D eigenvalue weighted by molar-refractivity contribution is 5.94. The molecule has 4 rings (SSSR count). The number of rotatable bonds is 6. The van der Waals surface area contributed by atoms with Crippen molar-refractivity contribution in [3.8, 4) is 5.75 Å². The molecular weight excluding hydrogens is 392 g/mol. The Labute approximate surface area is 181 Å². The Morgan fingerprint density at radius 1 is 1.35 bits per heavy atom. The van der Waals surface area contributed by atoms with Gasteiger partial charge < -0.3 is 15.2 Å². The molecule has 1 aromatic carbocycles. The summed E-state index contributed by atoms with van der Waals surface area (Å²) in [5.41, 5.74) is 3.60. The average molecular weight is 421 g/mol. The van der Waals surface area contributed by atoms with Crippen LogP contribution in [0.2, 0.25) is 0 Å². The van der Waals surface area contributed by atoms with Gasteiger partial charge in [0.1, 0.15) is 11.9 Å². The van der Waals surface area contributed by atoms with Gasteiger partial charge in [-0.05, 0) is 62.8 Å². The number of H-pyrrole nitrogens is 1. The van der Waals surface area contributed by atoms with Crippen molar-refractivity contribution in [1.82, 2.24) is 20.5 Å². The number of ether oxygens (including phenoxy) is 1. The lowest BCUT2D eigenvalue weighted by atomic mass is 10.00. The van der Waals surface area contributed by atoms with E-state index in [4.69, 9.17) is 4.74 Å². The average Bonchev–Trinajstić information content (AvgIpc) is 3.37. The van der Waals surface area contributed by atoms with Crippen LogP contribution >= 0.6 is 0 Å². The molecule has 3 N–H and O–H groups in total. The van der Waals surface area contributed by atoms with Gasteiger partial charge in [0.25, 0.3) is 0 Å². The number of aromatic hydroxyl groups is 1. The molecule has 0 unspecified atom stereocenters. The topological polar surface area (TPSA) is 100 Å². The highest BCUT2D eigenvalue weighted by atomic mass is 16.6. The summed E-state index contributed by atoms with van der Waals surface area (Å²) >= 11 is 0. The molecule has 1 fully saturated rings. The van der Waals surface area contributed by atoms with Gasteiger partial charge in [0, 0.05) is 41.2 Å². The first-order valence-electron chi connectivity index (χ1n) is 10.7. The Hall–Kier alpha value is -3.35. The van der Waals surface area contributed by atoms with Crippen molar-refractivity contribution in [2.75, 3.05) is 0 Å². The number of benzene rings is 1. The third-order valence-corrected chi connectivity index (χ3v) is 5.74. The second-order valence-electron chi connectivity index (χ2n) is 8.39. The number of aromatic nitrogens is 3. The van der Waals surface area contributed by atoms with E-state index >= 15 is 0 Å². The molecule has 7 nitrogen and oxygen atoms in total. The number of nitrogens with zero attached hydrogens (tertiary/aromatic N) is 2. The molecule has 0 saturated heterocycles. The summed E-state index contributed by atoms with van der Waals surface area (Å²) in [5.74, 6) is 0.482. The number of phenols is 1. The molecule has 0 aliphatic heterocycles. The third-order valence-electron chi connectivity index (χ3n) is 5.74. The predicted octanol–water partition coefficient (Wildman–Crippen LogP) is 4.67. The quantitative estimate of drug-likeness (QED) is 0.538. The van der Waals surface area contributed by atoms with Crippen LogP contribution in [0.1, 0.15) is 61.7 Å². The van der Waals surface area contributed by atoms with Gasteiger partial charge in [0.15, 0.2) is 0 Å². The first-order valence-corrected chi connectivity index (χ1v) is 10.7. The SMILES string of the molecule is C=Cc1c(O)ccc2c(Cc3cc([C@H]4CC[C@@H](OC(=O)NC(C)C)C4)n[nH]3)nccc12. The number of hydrogen-bond acceptors (Lipinski definition) is 5. The van der Waals surface area contributed by atoms with Gasteiger partial charge in [0.2, 0.25) is 0 Å². The number of carbonyl (C=O) groups is 1. The molecule has 1 aliphatic carbocycles. The van der Waals surface area contributed by atoms with Crippen LogP contribution < -0.4 is 5.32 Å². The summed E-state index contributed by atoms with van der Waals surface area (Å²) in [7, 11) is 0. The van der Waals surface area contributed by atoms with Gasteiger partial charge in [-0.2, -0.15) is 5.10 Å². The maximum absolute atomic E-state index is 11.8. The molecule has 1 amide bonds. The molecule has 0 radical (unpaired) electrons. The van der Waals surface area contributed by atoms with Crippen LogP contribution in [0.15, 0.2) is 37.0 Å². The largest absolute Gasteiger partial charge is 0.507 e. The number of carbonyl (C=O) groups excluding carboxylic acids is 1. The van der Waals surface area contributed by atoms with Crippen LogP contribution in [0.3, 0.4) is 0 Å². The second-order valence-corrected chi connectivity index (χ2v) is 8.39. The number of pyridine rings is 1. The van der Waals surface area contributed by atoms with Crippen molar-refractivity contribution in [2.24, 2.45) is 0 Å². The van der Waals surface area contributed by atoms with Crippen molar-refractivity contribution < 1.29 is 14.6 Å². The van der Waals surface area contributed by atoms with E-state index in [0.29, 0.717) is 12.0 Å². The maximum Gasteiger partial charge on any atom is 0.407 e.